The molecule has 6 rings (SSSR count). The van der Waals surface area contributed by atoms with Gasteiger partial charge in [-0.3, -0.25) is 4.90 Å². The first-order valence-corrected chi connectivity index (χ1v) is 13.2. The standard InChI is InChI=1S/C28H32N8O2/c1-19-9-12-34(24-16-23(32-33-28(24)29)22-5-2-3-6-25(22)37)13-14-36(19)27-8-10-30-26(31-27)7-4-11-35-17-21-15-20(35)18-38-21/h2-3,5-6,8,10,16,19-21,37H,9,11-15,17-18H2,1H3,(H2,29,33)/t19?,20-,21?/m1/s1. The highest BCUT2D eigenvalue weighted by molar-refractivity contribution is 5.74. The Kier molecular flexibility index (Phi) is 6.70. The van der Waals surface area contributed by atoms with E-state index in [2.05, 4.69) is 48.6 Å². The number of aromatic hydroxyl groups is 1. The van der Waals surface area contributed by atoms with Crippen molar-refractivity contribution in [1.82, 2.24) is 25.1 Å². The summed E-state index contributed by atoms with van der Waals surface area (Å²) in [4.78, 5) is 16.1. The molecule has 10 heteroatoms. The molecule has 2 bridgehead atoms. The number of likely N-dealkylation sites (tertiary alicyclic amines) is 1. The highest BCUT2D eigenvalue weighted by Gasteiger charge is 2.38. The average Bonchev–Trinajstić information content (AvgIpc) is 3.50. The highest BCUT2D eigenvalue weighted by Crippen LogP contribution is 2.32. The third-order valence-corrected chi connectivity index (χ3v) is 7.71. The molecule has 3 N–H and O–H groups in total. The van der Waals surface area contributed by atoms with Gasteiger partial charge >= 0.3 is 0 Å². The van der Waals surface area contributed by atoms with Gasteiger partial charge in [0.15, 0.2) is 5.82 Å². The molecule has 2 aromatic heterocycles. The topological polar surface area (TPSA) is 117 Å². The van der Waals surface area contributed by atoms with Crippen LogP contribution < -0.4 is 15.5 Å². The van der Waals surface area contributed by atoms with Crippen LogP contribution in [0.15, 0.2) is 42.6 Å². The van der Waals surface area contributed by atoms with Crippen molar-refractivity contribution in [2.45, 2.75) is 38.0 Å². The van der Waals surface area contributed by atoms with Gasteiger partial charge in [-0.15, -0.1) is 10.2 Å². The first-order chi connectivity index (χ1) is 18.5. The number of benzene rings is 1. The molecule has 5 heterocycles. The van der Waals surface area contributed by atoms with E-state index in [1.54, 1.807) is 18.3 Å². The predicted molar refractivity (Wildman–Crippen MR) is 146 cm³/mol. The van der Waals surface area contributed by atoms with Gasteiger partial charge in [0.25, 0.3) is 0 Å². The Morgan fingerprint density at radius 3 is 2.87 bits per heavy atom. The van der Waals surface area contributed by atoms with E-state index in [4.69, 9.17) is 15.5 Å². The summed E-state index contributed by atoms with van der Waals surface area (Å²) in [5.41, 5.74) is 8.31. The predicted octanol–water partition coefficient (Wildman–Crippen LogP) is 2.15. The number of nitrogens with two attached hydrogens (primary N) is 1. The molecule has 3 aliphatic heterocycles. The number of aromatic nitrogens is 4. The van der Waals surface area contributed by atoms with Crippen LogP contribution in [0.5, 0.6) is 5.75 Å². The van der Waals surface area contributed by atoms with Crippen LogP contribution >= 0.6 is 0 Å². The number of rotatable bonds is 4. The van der Waals surface area contributed by atoms with E-state index in [0.717, 1.165) is 63.7 Å². The van der Waals surface area contributed by atoms with Crippen molar-refractivity contribution in [3.8, 4) is 28.8 Å². The molecule has 0 aliphatic carbocycles. The molecule has 0 amide bonds. The summed E-state index contributed by atoms with van der Waals surface area (Å²) in [6.07, 6.45) is 4.20. The molecule has 1 aromatic carbocycles. The summed E-state index contributed by atoms with van der Waals surface area (Å²) < 4.78 is 5.68. The molecule has 38 heavy (non-hydrogen) atoms. The van der Waals surface area contributed by atoms with Crippen LogP contribution in [0.4, 0.5) is 17.3 Å². The first-order valence-electron chi connectivity index (χ1n) is 13.2. The number of nitrogen functional groups attached to an aromatic ring is 1. The van der Waals surface area contributed by atoms with Crippen molar-refractivity contribution < 1.29 is 9.84 Å². The number of morpholine rings is 1. The minimum atomic E-state index is 0.164. The van der Waals surface area contributed by atoms with E-state index in [1.807, 2.05) is 24.3 Å². The van der Waals surface area contributed by atoms with Crippen LogP contribution in [0.2, 0.25) is 0 Å². The fourth-order valence-electron chi connectivity index (χ4n) is 5.57. The van der Waals surface area contributed by atoms with E-state index in [1.165, 1.54) is 0 Å². The van der Waals surface area contributed by atoms with Crippen LogP contribution in [0.1, 0.15) is 25.6 Å². The maximum absolute atomic E-state index is 10.3. The SMILES string of the molecule is CC1CCN(c2cc(-c3ccccc3O)nnc2N)CCN1c1ccnc(C#CCN2CC3C[C@@H]2CO3)n1. The molecule has 2 unspecified atom stereocenters. The van der Waals surface area contributed by atoms with Gasteiger partial charge in [-0.1, -0.05) is 18.1 Å². The van der Waals surface area contributed by atoms with Crippen LogP contribution in [-0.4, -0.2) is 87.7 Å². The van der Waals surface area contributed by atoms with Gasteiger partial charge in [-0.05, 0) is 50.0 Å². The zero-order chi connectivity index (χ0) is 26.1. The summed E-state index contributed by atoms with van der Waals surface area (Å²) in [7, 11) is 0. The Hall–Kier alpha value is -3.94. The second kappa shape index (κ2) is 10.4. The number of fused-ring (bicyclic) bond motifs is 2. The summed E-state index contributed by atoms with van der Waals surface area (Å²) >= 11 is 0. The summed E-state index contributed by atoms with van der Waals surface area (Å²) in [5, 5.41) is 18.7. The monoisotopic (exact) mass is 512 g/mol. The Bertz CT molecular complexity index is 1370. The lowest BCUT2D eigenvalue weighted by atomic mass is 10.1. The zero-order valence-corrected chi connectivity index (χ0v) is 21.5. The van der Waals surface area contributed by atoms with E-state index in [-0.39, 0.29) is 11.8 Å². The van der Waals surface area contributed by atoms with Crippen molar-refractivity contribution in [2.75, 3.05) is 54.9 Å². The number of nitrogens with zero attached hydrogens (tertiary/aromatic N) is 7. The van der Waals surface area contributed by atoms with Crippen LogP contribution in [0.3, 0.4) is 0 Å². The molecular formula is C28H32N8O2. The van der Waals surface area contributed by atoms with Crippen LogP contribution in [0, 0.1) is 11.8 Å². The number of hydrogen-bond acceptors (Lipinski definition) is 10. The highest BCUT2D eigenvalue weighted by atomic mass is 16.5. The van der Waals surface area contributed by atoms with Crippen molar-refractivity contribution in [3.63, 3.8) is 0 Å². The second-order valence-corrected chi connectivity index (χ2v) is 10.1. The summed E-state index contributed by atoms with van der Waals surface area (Å²) in [5.74, 6) is 8.40. The lowest BCUT2D eigenvalue weighted by Crippen LogP contribution is -2.37. The summed E-state index contributed by atoms with van der Waals surface area (Å²) in [6.45, 7) is 7.03. The lowest BCUT2D eigenvalue weighted by molar-refractivity contribution is 0.0363. The molecule has 196 valence electrons. The molecule has 10 nitrogen and oxygen atoms in total. The molecule has 3 atom stereocenters. The molecular weight excluding hydrogens is 480 g/mol. The van der Waals surface area contributed by atoms with Gasteiger partial charge in [0.2, 0.25) is 5.82 Å². The number of para-hydroxylation sites is 1. The molecule has 0 saturated carbocycles. The number of hydrogen-bond donors (Lipinski definition) is 2. The average molecular weight is 513 g/mol. The number of phenolic OH excluding ortho intramolecular Hbond substituents is 1. The Morgan fingerprint density at radius 1 is 1.16 bits per heavy atom. The zero-order valence-electron chi connectivity index (χ0n) is 21.5. The van der Waals surface area contributed by atoms with Gasteiger partial charge in [-0.25, -0.2) is 9.97 Å². The fourth-order valence-corrected chi connectivity index (χ4v) is 5.57. The normalized spacial score (nSPS) is 23.2. The maximum atomic E-state index is 10.3. The number of phenols is 1. The molecule has 3 aliphatic rings. The van der Waals surface area contributed by atoms with Gasteiger partial charge in [0.1, 0.15) is 11.6 Å². The third-order valence-electron chi connectivity index (χ3n) is 7.71. The van der Waals surface area contributed by atoms with Crippen LogP contribution in [-0.2, 0) is 4.74 Å². The summed E-state index contributed by atoms with van der Waals surface area (Å²) in [6, 6.07) is 11.7. The minimum absolute atomic E-state index is 0.164. The largest absolute Gasteiger partial charge is 0.507 e. The lowest BCUT2D eigenvalue weighted by Gasteiger charge is -2.28. The number of ether oxygens (including phenoxy) is 1. The molecule has 3 aromatic rings. The van der Waals surface area contributed by atoms with Gasteiger partial charge in [0.05, 0.1) is 30.6 Å². The minimum Gasteiger partial charge on any atom is -0.507 e. The van der Waals surface area contributed by atoms with E-state index >= 15 is 0 Å². The fraction of sp³-hybridized carbons (Fsp3) is 0.429. The first kappa shape index (κ1) is 24.4. The molecule has 0 spiro atoms. The quantitative estimate of drug-likeness (QED) is 0.504. The van der Waals surface area contributed by atoms with E-state index in [0.29, 0.717) is 35.0 Å². The molecule has 0 radical (unpaired) electrons. The molecule has 3 saturated heterocycles. The smallest absolute Gasteiger partial charge is 0.206 e. The van der Waals surface area contributed by atoms with Crippen LogP contribution in [0.25, 0.3) is 11.3 Å². The van der Waals surface area contributed by atoms with Gasteiger partial charge in [0, 0.05) is 50.0 Å². The van der Waals surface area contributed by atoms with Gasteiger partial charge in [-0.2, -0.15) is 0 Å². The Labute approximate surface area is 222 Å². The van der Waals surface area contributed by atoms with E-state index < -0.39 is 0 Å². The van der Waals surface area contributed by atoms with Crippen molar-refractivity contribution in [3.05, 3.63) is 48.4 Å². The van der Waals surface area contributed by atoms with Crippen molar-refractivity contribution >= 4 is 17.3 Å². The second-order valence-electron chi connectivity index (χ2n) is 10.1. The number of anilines is 3. The maximum Gasteiger partial charge on any atom is 0.206 e. The third kappa shape index (κ3) is 4.95. The van der Waals surface area contributed by atoms with Gasteiger partial charge < -0.3 is 25.4 Å². The Balaban J connectivity index is 1.16. The van der Waals surface area contributed by atoms with Crippen molar-refractivity contribution in [1.29, 1.82) is 0 Å². The van der Waals surface area contributed by atoms with E-state index in [9.17, 15) is 5.11 Å². The van der Waals surface area contributed by atoms with Crippen molar-refractivity contribution in [2.24, 2.45) is 0 Å². The Morgan fingerprint density at radius 2 is 2.05 bits per heavy atom. The molecule has 3 fully saturated rings.